The van der Waals surface area contributed by atoms with Gasteiger partial charge in [-0.05, 0) is 33.8 Å². The Morgan fingerprint density at radius 1 is 1.25 bits per heavy atom. The van der Waals surface area contributed by atoms with Crippen LogP contribution in [0.15, 0.2) is 18.2 Å². The fourth-order valence-corrected chi connectivity index (χ4v) is 2.52. The van der Waals surface area contributed by atoms with Crippen molar-refractivity contribution in [2.24, 2.45) is 0 Å². The second kappa shape index (κ2) is 5.75. The van der Waals surface area contributed by atoms with Crippen LogP contribution in [0.4, 0.5) is 4.79 Å². The van der Waals surface area contributed by atoms with Crippen molar-refractivity contribution in [3.63, 3.8) is 0 Å². The summed E-state index contributed by atoms with van der Waals surface area (Å²) in [6.07, 6.45) is -1.07. The molecule has 1 fully saturated rings. The van der Waals surface area contributed by atoms with Gasteiger partial charge in [0.25, 0.3) is 0 Å². The predicted molar refractivity (Wildman–Crippen MR) is 89.3 cm³/mol. The number of nitrogens with one attached hydrogen (secondary N) is 1. The second-order valence-electron chi connectivity index (χ2n) is 6.83. The molecule has 0 spiro atoms. The molecule has 2 heterocycles. The van der Waals surface area contributed by atoms with Gasteiger partial charge in [0.05, 0.1) is 17.7 Å². The molecule has 0 aliphatic carbocycles. The number of rotatable bonds is 4. The van der Waals surface area contributed by atoms with Crippen molar-refractivity contribution in [2.75, 3.05) is 6.54 Å². The van der Waals surface area contributed by atoms with Gasteiger partial charge in [0, 0.05) is 12.0 Å². The van der Waals surface area contributed by atoms with E-state index in [1.165, 1.54) is 4.80 Å². The first-order valence-corrected chi connectivity index (χ1v) is 7.86. The fourth-order valence-electron chi connectivity index (χ4n) is 2.52. The van der Waals surface area contributed by atoms with Crippen molar-refractivity contribution >= 4 is 29.7 Å². The quantitative estimate of drug-likeness (QED) is 0.811. The minimum atomic E-state index is -1.07. The van der Waals surface area contributed by atoms with Gasteiger partial charge in [-0.2, -0.15) is 15.0 Å². The molecule has 2 aromatic rings. The maximum Gasteiger partial charge on any atom is 0.497 e. The number of carbonyl (C=O) groups is 1. The van der Waals surface area contributed by atoms with Crippen LogP contribution in [-0.4, -0.2) is 51.1 Å². The molecule has 0 bridgehead atoms. The van der Waals surface area contributed by atoms with E-state index in [-0.39, 0.29) is 6.54 Å². The van der Waals surface area contributed by atoms with Crippen LogP contribution in [0.3, 0.4) is 0 Å². The van der Waals surface area contributed by atoms with Gasteiger partial charge in [-0.3, -0.25) is 0 Å². The number of fused-ring (bicyclic) bond motifs is 1. The number of hydrogen-bond donors (Lipinski definition) is 2. The number of carboxylic acid groups (broad SMARTS) is 1. The Labute approximate surface area is 140 Å². The minimum absolute atomic E-state index is 0.238. The molecule has 8 nitrogen and oxygen atoms in total. The summed E-state index contributed by atoms with van der Waals surface area (Å²) in [4.78, 5) is 12.0. The lowest BCUT2D eigenvalue weighted by molar-refractivity contribution is 0.00578. The van der Waals surface area contributed by atoms with Crippen LogP contribution in [0, 0.1) is 0 Å². The molecule has 1 amide bonds. The van der Waals surface area contributed by atoms with Crippen LogP contribution in [0.1, 0.15) is 27.7 Å². The molecule has 0 atom stereocenters. The zero-order chi connectivity index (χ0) is 17.5. The molecule has 2 N–H and O–H groups in total. The molecule has 1 aliphatic rings. The van der Waals surface area contributed by atoms with E-state index in [9.17, 15) is 4.79 Å². The standard InChI is InChI=1S/C15H21BN4O4/c1-14(2)15(3,4)24-16(23-14)10-6-5-7-11-12(10)19-20(18-11)9-8-17-13(21)22/h5-7,17H,8-9H2,1-4H3,(H,21,22). The molecular weight excluding hydrogens is 311 g/mol. The zero-order valence-corrected chi connectivity index (χ0v) is 14.2. The molecule has 24 heavy (non-hydrogen) atoms. The lowest BCUT2D eigenvalue weighted by atomic mass is 9.78. The smallest absolute Gasteiger partial charge is 0.465 e. The van der Waals surface area contributed by atoms with Crippen LogP contribution in [-0.2, 0) is 15.9 Å². The summed E-state index contributed by atoms with van der Waals surface area (Å²) in [6.45, 7) is 8.60. The number of amides is 1. The third kappa shape index (κ3) is 2.96. The fraction of sp³-hybridized carbons (Fsp3) is 0.533. The Hall–Kier alpha value is -2.13. The van der Waals surface area contributed by atoms with Crippen LogP contribution < -0.4 is 10.8 Å². The average molecular weight is 332 g/mol. The molecule has 0 saturated carbocycles. The average Bonchev–Trinajstić information content (AvgIpc) is 2.96. The molecule has 0 unspecified atom stereocenters. The van der Waals surface area contributed by atoms with Gasteiger partial charge in [0.15, 0.2) is 0 Å². The number of hydrogen-bond acceptors (Lipinski definition) is 5. The third-order valence-corrected chi connectivity index (χ3v) is 4.58. The molecular formula is C15H21BN4O4. The van der Waals surface area contributed by atoms with E-state index in [0.29, 0.717) is 12.1 Å². The number of benzene rings is 1. The third-order valence-electron chi connectivity index (χ3n) is 4.58. The van der Waals surface area contributed by atoms with Crippen molar-refractivity contribution < 1.29 is 19.2 Å². The highest BCUT2D eigenvalue weighted by Crippen LogP contribution is 2.36. The van der Waals surface area contributed by atoms with Gasteiger partial charge in [-0.1, -0.05) is 12.1 Å². The van der Waals surface area contributed by atoms with E-state index in [1.807, 2.05) is 45.9 Å². The lowest BCUT2D eigenvalue weighted by Gasteiger charge is -2.32. The molecule has 1 aromatic heterocycles. The molecule has 128 valence electrons. The van der Waals surface area contributed by atoms with Gasteiger partial charge in [-0.25, -0.2) is 4.79 Å². The highest BCUT2D eigenvalue weighted by Gasteiger charge is 2.52. The zero-order valence-electron chi connectivity index (χ0n) is 14.2. The maximum absolute atomic E-state index is 10.5. The van der Waals surface area contributed by atoms with Crippen molar-refractivity contribution in [3.8, 4) is 0 Å². The van der Waals surface area contributed by atoms with E-state index in [2.05, 4.69) is 15.5 Å². The topological polar surface area (TPSA) is 98.5 Å². The predicted octanol–water partition coefficient (Wildman–Crippen LogP) is 0.998. The molecule has 1 saturated heterocycles. The SMILES string of the molecule is CC1(C)OB(c2cccc3nn(CCNC(=O)O)nc23)OC1(C)C. The Kier molecular flexibility index (Phi) is 4.01. The van der Waals surface area contributed by atoms with E-state index in [1.54, 1.807) is 0 Å². The summed E-state index contributed by atoms with van der Waals surface area (Å²) >= 11 is 0. The van der Waals surface area contributed by atoms with Gasteiger partial charge in [-0.15, -0.1) is 0 Å². The minimum Gasteiger partial charge on any atom is -0.465 e. The van der Waals surface area contributed by atoms with Crippen molar-refractivity contribution in [1.29, 1.82) is 0 Å². The summed E-state index contributed by atoms with van der Waals surface area (Å²) < 4.78 is 12.2. The van der Waals surface area contributed by atoms with Gasteiger partial charge in [0.1, 0.15) is 11.0 Å². The number of nitrogens with zero attached hydrogens (tertiary/aromatic N) is 3. The van der Waals surface area contributed by atoms with E-state index < -0.39 is 24.4 Å². The van der Waals surface area contributed by atoms with Crippen molar-refractivity contribution in [1.82, 2.24) is 20.3 Å². The normalized spacial score (nSPS) is 18.9. The van der Waals surface area contributed by atoms with Gasteiger partial charge in [0.2, 0.25) is 0 Å². The highest BCUT2D eigenvalue weighted by atomic mass is 16.7. The van der Waals surface area contributed by atoms with E-state index in [4.69, 9.17) is 14.4 Å². The van der Waals surface area contributed by atoms with Gasteiger partial charge >= 0.3 is 13.2 Å². The van der Waals surface area contributed by atoms with Crippen molar-refractivity contribution in [2.45, 2.75) is 45.4 Å². The summed E-state index contributed by atoms with van der Waals surface area (Å²) in [7, 11) is -0.513. The molecule has 1 aromatic carbocycles. The van der Waals surface area contributed by atoms with E-state index >= 15 is 0 Å². The maximum atomic E-state index is 10.5. The monoisotopic (exact) mass is 332 g/mol. The van der Waals surface area contributed by atoms with Crippen LogP contribution in [0.5, 0.6) is 0 Å². The molecule has 3 rings (SSSR count). The lowest BCUT2D eigenvalue weighted by Crippen LogP contribution is -2.41. The Bertz CT molecular complexity index is 758. The second-order valence-corrected chi connectivity index (χ2v) is 6.83. The van der Waals surface area contributed by atoms with Crippen LogP contribution in [0.25, 0.3) is 11.0 Å². The Morgan fingerprint density at radius 3 is 2.54 bits per heavy atom. The largest absolute Gasteiger partial charge is 0.497 e. The highest BCUT2D eigenvalue weighted by molar-refractivity contribution is 6.64. The molecule has 1 aliphatic heterocycles. The van der Waals surface area contributed by atoms with E-state index in [0.717, 1.165) is 11.0 Å². The van der Waals surface area contributed by atoms with Crippen LogP contribution >= 0.6 is 0 Å². The number of aromatic nitrogens is 3. The first-order valence-electron chi connectivity index (χ1n) is 7.86. The summed E-state index contributed by atoms with van der Waals surface area (Å²) in [6, 6.07) is 5.66. The first kappa shape index (κ1) is 16.7. The summed E-state index contributed by atoms with van der Waals surface area (Å²) in [5.74, 6) is 0. The first-order chi connectivity index (χ1) is 11.2. The Morgan fingerprint density at radius 2 is 1.92 bits per heavy atom. The molecule has 0 radical (unpaired) electrons. The van der Waals surface area contributed by atoms with Crippen molar-refractivity contribution in [3.05, 3.63) is 18.2 Å². The summed E-state index contributed by atoms with van der Waals surface area (Å²) in [5, 5.41) is 19.8. The summed E-state index contributed by atoms with van der Waals surface area (Å²) in [5.41, 5.74) is 1.38. The Balaban J connectivity index is 1.87. The molecule has 9 heteroatoms. The van der Waals surface area contributed by atoms with Crippen LogP contribution in [0.2, 0.25) is 0 Å². The van der Waals surface area contributed by atoms with Gasteiger partial charge < -0.3 is 19.7 Å².